The molecule has 0 bridgehead atoms. The molecule has 1 fully saturated rings. The smallest absolute Gasteiger partial charge is 0.0443 e. The maximum Gasteiger partial charge on any atom is 0.0443 e. The number of aliphatic hydroxyl groups excluding tert-OH is 1. The summed E-state index contributed by atoms with van der Waals surface area (Å²) in [5.41, 5.74) is 0. The van der Waals surface area contributed by atoms with E-state index in [9.17, 15) is 0 Å². The molecule has 0 spiro atoms. The minimum atomic E-state index is 0.319. The highest BCUT2D eigenvalue weighted by molar-refractivity contribution is 4.84. The normalized spacial score (nSPS) is 24.6. The molecule has 0 amide bonds. The third-order valence-electron chi connectivity index (χ3n) is 3.56. The Bertz CT molecular complexity index is 175. The molecule has 0 aromatic rings. The van der Waals surface area contributed by atoms with E-state index in [1.807, 2.05) is 0 Å². The Balaban J connectivity index is 2.38. The zero-order valence-electron chi connectivity index (χ0n) is 10.9. The lowest BCUT2D eigenvalue weighted by atomic mass is 9.96. The topological polar surface area (TPSA) is 35.5 Å². The fraction of sp³-hybridized carbons (Fsp3) is 1.00. The van der Waals surface area contributed by atoms with Crippen LogP contribution in [0.2, 0.25) is 0 Å². The van der Waals surface area contributed by atoms with Gasteiger partial charge in [0.05, 0.1) is 0 Å². The van der Waals surface area contributed by atoms with Crippen LogP contribution in [0.25, 0.3) is 0 Å². The number of hydrogen-bond donors (Lipinski definition) is 2. The monoisotopic (exact) mass is 228 g/mol. The number of nitrogens with zero attached hydrogens (tertiary/aromatic N) is 1. The lowest BCUT2D eigenvalue weighted by Crippen LogP contribution is -2.51. The molecule has 1 rings (SSSR count). The Morgan fingerprint density at radius 2 is 2.25 bits per heavy atom. The molecule has 3 nitrogen and oxygen atoms in total. The maximum absolute atomic E-state index is 8.92. The lowest BCUT2D eigenvalue weighted by Gasteiger charge is -2.39. The number of likely N-dealkylation sites (tertiary alicyclic amines) is 1. The Hall–Kier alpha value is -0.120. The van der Waals surface area contributed by atoms with E-state index in [2.05, 4.69) is 24.1 Å². The molecule has 0 aromatic heterocycles. The van der Waals surface area contributed by atoms with Crippen molar-refractivity contribution in [3.63, 3.8) is 0 Å². The van der Waals surface area contributed by atoms with Crippen molar-refractivity contribution in [3.05, 3.63) is 0 Å². The summed E-state index contributed by atoms with van der Waals surface area (Å²) in [6.07, 6.45) is 6.11. The van der Waals surface area contributed by atoms with Crippen LogP contribution < -0.4 is 5.32 Å². The highest BCUT2D eigenvalue weighted by atomic mass is 16.3. The molecule has 96 valence electrons. The summed E-state index contributed by atoms with van der Waals surface area (Å²) in [6, 6.07) is 1.26. The summed E-state index contributed by atoms with van der Waals surface area (Å²) >= 11 is 0. The molecule has 0 radical (unpaired) electrons. The van der Waals surface area contributed by atoms with E-state index in [1.54, 1.807) is 0 Å². The third kappa shape index (κ3) is 4.40. The van der Waals surface area contributed by atoms with Crippen LogP contribution in [0, 0.1) is 0 Å². The van der Waals surface area contributed by atoms with Gasteiger partial charge in [0.15, 0.2) is 0 Å². The predicted octanol–water partition coefficient (Wildman–Crippen LogP) is 1.61. The van der Waals surface area contributed by atoms with Crippen LogP contribution in [0.5, 0.6) is 0 Å². The van der Waals surface area contributed by atoms with Gasteiger partial charge in [-0.15, -0.1) is 0 Å². The zero-order valence-corrected chi connectivity index (χ0v) is 10.9. The number of rotatable bonds is 7. The van der Waals surface area contributed by atoms with Crippen molar-refractivity contribution in [2.45, 2.75) is 58.0 Å². The number of aliphatic hydroxyl groups is 1. The first-order chi connectivity index (χ1) is 7.79. The third-order valence-corrected chi connectivity index (χ3v) is 3.56. The number of hydrogen-bond acceptors (Lipinski definition) is 3. The first-order valence-corrected chi connectivity index (χ1v) is 6.88. The molecule has 0 aromatic carbocycles. The average molecular weight is 228 g/mol. The van der Waals surface area contributed by atoms with Crippen molar-refractivity contribution in [2.24, 2.45) is 0 Å². The van der Waals surface area contributed by atoms with Crippen LogP contribution in [0.1, 0.15) is 46.0 Å². The van der Waals surface area contributed by atoms with Crippen molar-refractivity contribution in [3.8, 4) is 0 Å². The molecule has 2 atom stereocenters. The first-order valence-electron chi connectivity index (χ1n) is 6.88. The Labute approximate surface area is 100 Å². The summed E-state index contributed by atoms with van der Waals surface area (Å²) in [5, 5.41) is 12.5. The van der Waals surface area contributed by atoms with Gasteiger partial charge in [-0.3, -0.25) is 4.90 Å². The molecule has 0 aliphatic carbocycles. The molecule has 16 heavy (non-hydrogen) atoms. The summed E-state index contributed by atoms with van der Waals surface area (Å²) in [5.74, 6) is 0. The van der Waals surface area contributed by atoms with E-state index in [4.69, 9.17) is 5.11 Å². The molecular weight excluding hydrogens is 200 g/mol. The number of nitrogens with one attached hydrogen (secondary N) is 1. The quantitative estimate of drug-likeness (QED) is 0.695. The van der Waals surface area contributed by atoms with Crippen molar-refractivity contribution in [1.29, 1.82) is 0 Å². The van der Waals surface area contributed by atoms with E-state index in [0.29, 0.717) is 18.7 Å². The van der Waals surface area contributed by atoms with Gasteiger partial charge >= 0.3 is 0 Å². The number of piperidine rings is 1. The van der Waals surface area contributed by atoms with Gasteiger partial charge in [-0.2, -0.15) is 0 Å². The molecule has 2 unspecified atom stereocenters. The molecule has 0 saturated carbocycles. The molecule has 2 N–H and O–H groups in total. The van der Waals surface area contributed by atoms with Crippen LogP contribution in [0.3, 0.4) is 0 Å². The van der Waals surface area contributed by atoms with Crippen molar-refractivity contribution >= 4 is 0 Å². The summed E-state index contributed by atoms with van der Waals surface area (Å²) in [4.78, 5) is 2.56. The van der Waals surface area contributed by atoms with E-state index >= 15 is 0 Å². The second-order valence-corrected chi connectivity index (χ2v) is 4.92. The van der Waals surface area contributed by atoms with Crippen LogP contribution in [-0.2, 0) is 0 Å². The van der Waals surface area contributed by atoms with Gasteiger partial charge in [0, 0.05) is 25.2 Å². The van der Waals surface area contributed by atoms with Gasteiger partial charge in [0.25, 0.3) is 0 Å². The van der Waals surface area contributed by atoms with Gasteiger partial charge in [0.2, 0.25) is 0 Å². The standard InChI is InChI=1S/C13H28N2O/c1-3-8-14-12(2)13-7-4-5-9-15(13)10-6-11-16/h12-14,16H,3-11H2,1-2H3. The Morgan fingerprint density at radius 3 is 2.94 bits per heavy atom. The van der Waals surface area contributed by atoms with Crippen LogP contribution in [0.4, 0.5) is 0 Å². The van der Waals surface area contributed by atoms with Crippen molar-refractivity contribution < 1.29 is 5.11 Å². The summed E-state index contributed by atoms with van der Waals surface area (Å²) in [6.45, 7) is 8.22. The van der Waals surface area contributed by atoms with E-state index < -0.39 is 0 Å². The molecular formula is C13H28N2O. The minimum absolute atomic E-state index is 0.319. The predicted molar refractivity (Wildman–Crippen MR) is 68.7 cm³/mol. The highest BCUT2D eigenvalue weighted by Gasteiger charge is 2.26. The van der Waals surface area contributed by atoms with E-state index in [0.717, 1.165) is 19.5 Å². The average Bonchev–Trinajstić information content (AvgIpc) is 2.33. The highest BCUT2D eigenvalue weighted by Crippen LogP contribution is 2.19. The van der Waals surface area contributed by atoms with Gasteiger partial charge in [-0.05, 0) is 45.7 Å². The van der Waals surface area contributed by atoms with E-state index in [-0.39, 0.29) is 0 Å². The SMILES string of the molecule is CCCNC(C)C1CCCCN1CCCO. The van der Waals surface area contributed by atoms with Crippen molar-refractivity contribution in [1.82, 2.24) is 10.2 Å². The van der Waals surface area contributed by atoms with Crippen LogP contribution in [0.15, 0.2) is 0 Å². The van der Waals surface area contributed by atoms with Crippen molar-refractivity contribution in [2.75, 3.05) is 26.2 Å². The van der Waals surface area contributed by atoms with E-state index in [1.165, 1.54) is 32.2 Å². The minimum Gasteiger partial charge on any atom is -0.396 e. The molecule has 1 aliphatic rings. The Morgan fingerprint density at radius 1 is 1.44 bits per heavy atom. The fourth-order valence-corrected chi connectivity index (χ4v) is 2.64. The largest absolute Gasteiger partial charge is 0.396 e. The van der Waals surface area contributed by atoms with Crippen LogP contribution >= 0.6 is 0 Å². The summed E-state index contributed by atoms with van der Waals surface area (Å²) < 4.78 is 0. The zero-order chi connectivity index (χ0) is 11.8. The fourth-order valence-electron chi connectivity index (χ4n) is 2.64. The van der Waals surface area contributed by atoms with Gasteiger partial charge in [-0.25, -0.2) is 0 Å². The molecule has 1 saturated heterocycles. The molecule has 1 aliphatic heterocycles. The summed E-state index contributed by atoms with van der Waals surface area (Å²) in [7, 11) is 0. The van der Waals surface area contributed by atoms with Crippen LogP contribution in [-0.4, -0.2) is 48.3 Å². The maximum atomic E-state index is 8.92. The van der Waals surface area contributed by atoms with Gasteiger partial charge in [-0.1, -0.05) is 13.3 Å². The first kappa shape index (κ1) is 13.9. The second-order valence-electron chi connectivity index (χ2n) is 4.92. The van der Waals surface area contributed by atoms with Gasteiger partial charge in [0.1, 0.15) is 0 Å². The lowest BCUT2D eigenvalue weighted by molar-refractivity contribution is 0.109. The second kappa shape index (κ2) is 8.04. The van der Waals surface area contributed by atoms with Gasteiger partial charge < -0.3 is 10.4 Å². The Kier molecular flexibility index (Phi) is 7.01. The molecule has 3 heteroatoms. The molecule has 1 heterocycles.